The van der Waals surface area contributed by atoms with Crippen LogP contribution in [0.4, 0.5) is 4.79 Å². The van der Waals surface area contributed by atoms with Gasteiger partial charge in [-0.1, -0.05) is 44.2 Å². The molecule has 0 saturated heterocycles. The molecule has 27 heavy (non-hydrogen) atoms. The lowest BCUT2D eigenvalue weighted by Crippen LogP contribution is -2.35. The third-order valence-corrected chi connectivity index (χ3v) is 7.08. The van der Waals surface area contributed by atoms with Crippen molar-refractivity contribution in [3.05, 3.63) is 35.9 Å². The Morgan fingerprint density at radius 3 is 2.26 bits per heavy atom. The first-order valence-electron chi connectivity index (χ1n) is 8.91. The lowest BCUT2D eigenvalue weighted by molar-refractivity contribution is -0.145. The highest BCUT2D eigenvalue weighted by Gasteiger charge is 2.37. The number of amides is 1. The number of alkyl carbamates (subject to hydrolysis) is 1. The van der Waals surface area contributed by atoms with Crippen LogP contribution >= 0.6 is 7.37 Å². The summed E-state index contributed by atoms with van der Waals surface area (Å²) in [4.78, 5) is 24.1. The number of carbonyl (C=O) groups excluding carboxylic acids is 2. The van der Waals surface area contributed by atoms with Gasteiger partial charge in [0.25, 0.3) is 0 Å². The Morgan fingerprint density at radius 1 is 1.11 bits per heavy atom. The Morgan fingerprint density at radius 2 is 1.74 bits per heavy atom. The van der Waals surface area contributed by atoms with Crippen LogP contribution in [0.2, 0.25) is 0 Å². The quantitative estimate of drug-likeness (QED) is 0.472. The van der Waals surface area contributed by atoms with E-state index in [4.69, 9.17) is 14.0 Å². The average molecular weight is 399 g/mol. The van der Waals surface area contributed by atoms with Crippen LogP contribution in [-0.4, -0.2) is 38.2 Å². The summed E-state index contributed by atoms with van der Waals surface area (Å²) >= 11 is 0. The molecule has 152 valence electrons. The minimum Gasteiger partial charge on any atom is -0.469 e. The molecule has 0 aliphatic carbocycles. The highest BCUT2D eigenvalue weighted by molar-refractivity contribution is 7.59. The summed E-state index contributed by atoms with van der Waals surface area (Å²) in [6, 6.07) is 9.24. The minimum atomic E-state index is -3.33. The smallest absolute Gasteiger partial charge is 0.408 e. The van der Waals surface area contributed by atoms with Gasteiger partial charge in [0.2, 0.25) is 7.37 Å². The highest BCUT2D eigenvalue weighted by Crippen LogP contribution is 2.52. The Kier molecular flexibility index (Phi) is 9.53. The summed E-state index contributed by atoms with van der Waals surface area (Å²) in [6.07, 6.45) is -0.179. The third kappa shape index (κ3) is 7.73. The van der Waals surface area contributed by atoms with Crippen LogP contribution in [0.3, 0.4) is 0 Å². The molecule has 0 heterocycles. The van der Waals surface area contributed by atoms with E-state index in [1.165, 1.54) is 14.2 Å². The third-order valence-electron chi connectivity index (χ3n) is 4.20. The monoisotopic (exact) mass is 399 g/mol. The number of rotatable bonds is 10. The molecule has 0 aliphatic heterocycles. The summed E-state index contributed by atoms with van der Waals surface area (Å²) in [7, 11) is -0.714. The van der Waals surface area contributed by atoms with E-state index in [2.05, 4.69) is 5.32 Å². The maximum absolute atomic E-state index is 13.2. The molecule has 3 unspecified atom stereocenters. The van der Waals surface area contributed by atoms with Gasteiger partial charge in [-0.25, -0.2) is 4.79 Å². The summed E-state index contributed by atoms with van der Waals surface area (Å²) in [5.41, 5.74) is 0.845. The second kappa shape index (κ2) is 11.1. The first kappa shape index (κ1) is 23.2. The van der Waals surface area contributed by atoms with E-state index in [0.717, 1.165) is 5.56 Å². The summed E-state index contributed by atoms with van der Waals surface area (Å²) in [5.74, 6) is -1.58. The van der Waals surface area contributed by atoms with E-state index in [1.807, 2.05) is 44.2 Å². The summed E-state index contributed by atoms with van der Waals surface area (Å²) < 4.78 is 28.4. The van der Waals surface area contributed by atoms with Crippen LogP contribution in [0, 0.1) is 11.8 Å². The van der Waals surface area contributed by atoms with Crippen LogP contribution in [0.25, 0.3) is 0 Å². The molecule has 0 fully saturated rings. The zero-order valence-electron chi connectivity index (χ0n) is 16.6. The minimum absolute atomic E-state index is 0.00547. The lowest BCUT2D eigenvalue weighted by Gasteiger charge is -2.27. The van der Waals surface area contributed by atoms with Gasteiger partial charge in [0.1, 0.15) is 12.4 Å². The highest BCUT2D eigenvalue weighted by atomic mass is 31.2. The average Bonchev–Trinajstić information content (AvgIpc) is 2.65. The topological polar surface area (TPSA) is 90.9 Å². The first-order chi connectivity index (χ1) is 12.7. The second-order valence-corrected chi connectivity index (χ2v) is 9.78. The molecule has 1 aromatic rings. The Balaban J connectivity index is 2.71. The van der Waals surface area contributed by atoms with Crippen molar-refractivity contribution in [2.75, 3.05) is 20.4 Å². The van der Waals surface area contributed by atoms with E-state index >= 15 is 0 Å². The van der Waals surface area contributed by atoms with Crippen molar-refractivity contribution in [3.63, 3.8) is 0 Å². The molecule has 1 aromatic carbocycles. The van der Waals surface area contributed by atoms with Gasteiger partial charge < -0.3 is 19.3 Å². The van der Waals surface area contributed by atoms with Gasteiger partial charge in [0.05, 0.1) is 13.0 Å². The number of benzene rings is 1. The van der Waals surface area contributed by atoms with Crippen molar-refractivity contribution in [1.29, 1.82) is 0 Å². The molecule has 0 radical (unpaired) electrons. The predicted octanol–water partition coefficient (Wildman–Crippen LogP) is 4.02. The van der Waals surface area contributed by atoms with Crippen molar-refractivity contribution in [2.45, 2.75) is 39.6 Å². The van der Waals surface area contributed by atoms with E-state index in [9.17, 15) is 14.2 Å². The standard InChI is InChI=1S/C19H30NO6P/c1-14(2)11-17(18(21)24-4)13-27(23,25-5)15(3)20-19(22)26-12-16-9-7-6-8-10-16/h6-10,14-15,17H,11-13H2,1-5H3,(H,20,22). The number of nitrogens with one attached hydrogen (secondary N) is 1. The molecule has 1 amide bonds. The normalized spacial score (nSPS) is 15.5. The van der Waals surface area contributed by atoms with E-state index in [-0.39, 0.29) is 18.7 Å². The Labute approximate surface area is 161 Å². The number of methoxy groups -OCH3 is 1. The van der Waals surface area contributed by atoms with E-state index < -0.39 is 31.1 Å². The molecule has 3 atom stereocenters. The number of ether oxygens (including phenoxy) is 2. The van der Waals surface area contributed by atoms with Gasteiger partial charge in [0, 0.05) is 13.3 Å². The van der Waals surface area contributed by atoms with E-state index in [1.54, 1.807) is 6.92 Å². The fraction of sp³-hybridized carbons (Fsp3) is 0.579. The maximum Gasteiger partial charge on any atom is 0.408 e. The maximum atomic E-state index is 13.2. The predicted molar refractivity (Wildman–Crippen MR) is 104 cm³/mol. The second-order valence-electron chi connectivity index (χ2n) is 6.82. The molecule has 0 saturated carbocycles. The number of esters is 1. The van der Waals surface area contributed by atoms with Crippen molar-refractivity contribution in [1.82, 2.24) is 5.32 Å². The van der Waals surface area contributed by atoms with Crippen LogP contribution < -0.4 is 5.32 Å². The Bertz CT molecular complexity index is 649. The zero-order valence-corrected chi connectivity index (χ0v) is 17.5. The van der Waals surface area contributed by atoms with Crippen LogP contribution in [0.1, 0.15) is 32.8 Å². The van der Waals surface area contributed by atoms with Gasteiger partial charge in [-0.2, -0.15) is 0 Å². The lowest BCUT2D eigenvalue weighted by atomic mass is 9.99. The van der Waals surface area contributed by atoms with Gasteiger partial charge >= 0.3 is 12.1 Å². The summed E-state index contributed by atoms with van der Waals surface area (Å²) in [6.45, 7) is 5.62. The number of carbonyl (C=O) groups is 2. The van der Waals surface area contributed by atoms with Crippen molar-refractivity contribution in [2.24, 2.45) is 11.8 Å². The van der Waals surface area contributed by atoms with Gasteiger partial charge in [-0.3, -0.25) is 9.36 Å². The molecular formula is C19H30NO6P. The van der Waals surface area contributed by atoms with Gasteiger partial charge in [-0.05, 0) is 24.8 Å². The Hall–Kier alpha value is -1.85. The number of hydrogen-bond donors (Lipinski definition) is 1. The summed E-state index contributed by atoms with van der Waals surface area (Å²) in [5, 5.41) is 2.56. The molecule has 0 bridgehead atoms. The number of hydrogen-bond acceptors (Lipinski definition) is 6. The SMILES string of the molecule is COC(=O)C(CC(C)C)CP(=O)(OC)C(C)NC(=O)OCc1ccccc1. The fourth-order valence-electron chi connectivity index (χ4n) is 2.71. The first-order valence-corrected chi connectivity index (χ1v) is 10.8. The van der Waals surface area contributed by atoms with Crippen molar-refractivity contribution >= 4 is 19.4 Å². The van der Waals surface area contributed by atoms with E-state index in [0.29, 0.717) is 6.42 Å². The molecule has 0 spiro atoms. The van der Waals surface area contributed by atoms with Crippen LogP contribution in [0.5, 0.6) is 0 Å². The van der Waals surface area contributed by atoms with Gasteiger partial charge in [0.15, 0.2) is 0 Å². The molecule has 1 N–H and O–H groups in total. The van der Waals surface area contributed by atoms with Gasteiger partial charge in [-0.15, -0.1) is 0 Å². The molecule has 7 nitrogen and oxygen atoms in total. The van der Waals surface area contributed by atoms with Crippen LogP contribution in [0.15, 0.2) is 30.3 Å². The molecule has 8 heteroatoms. The largest absolute Gasteiger partial charge is 0.469 e. The molecular weight excluding hydrogens is 369 g/mol. The molecule has 0 aromatic heterocycles. The fourth-order valence-corrected chi connectivity index (χ4v) is 4.71. The molecule has 1 rings (SSSR count). The van der Waals surface area contributed by atoms with Crippen molar-refractivity contribution in [3.8, 4) is 0 Å². The molecule has 0 aliphatic rings. The van der Waals surface area contributed by atoms with Crippen molar-refractivity contribution < 1.29 is 28.2 Å². The zero-order chi connectivity index (χ0) is 20.4. The van der Waals surface area contributed by atoms with Crippen LogP contribution in [-0.2, 0) is 30.0 Å².